The van der Waals surface area contributed by atoms with Crippen molar-refractivity contribution in [1.82, 2.24) is 15.2 Å². The molecule has 1 aromatic rings. The van der Waals surface area contributed by atoms with E-state index in [0.717, 1.165) is 32.7 Å². The van der Waals surface area contributed by atoms with Crippen molar-refractivity contribution in [2.45, 2.75) is 6.42 Å². The van der Waals surface area contributed by atoms with Crippen molar-refractivity contribution in [1.29, 1.82) is 0 Å². The summed E-state index contributed by atoms with van der Waals surface area (Å²) in [5.41, 5.74) is 0.603. The zero-order chi connectivity index (χ0) is 11.4. The van der Waals surface area contributed by atoms with Crippen molar-refractivity contribution in [2.24, 2.45) is 0 Å². The molecule has 0 aliphatic carbocycles. The van der Waals surface area contributed by atoms with Crippen LogP contribution in [0.15, 0.2) is 12.3 Å². The zero-order valence-corrected chi connectivity index (χ0v) is 9.80. The summed E-state index contributed by atoms with van der Waals surface area (Å²) in [6.45, 7) is 4.93. The molecular formula is C11H15ClFN3. The Bertz CT molecular complexity index is 353. The number of rotatable bonds is 3. The van der Waals surface area contributed by atoms with E-state index in [2.05, 4.69) is 15.2 Å². The molecule has 0 saturated carbocycles. The summed E-state index contributed by atoms with van der Waals surface area (Å²) >= 11 is 5.79. The lowest BCUT2D eigenvalue weighted by molar-refractivity contribution is 0.243. The minimum absolute atomic E-state index is 0.403. The number of halogens is 2. The molecule has 2 rings (SSSR count). The van der Waals surface area contributed by atoms with E-state index in [1.165, 1.54) is 6.20 Å². The highest BCUT2D eigenvalue weighted by atomic mass is 35.5. The first-order chi connectivity index (χ1) is 7.75. The monoisotopic (exact) mass is 243 g/mol. The van der Waals surface area contributed by atoms with Crippen LogP contribution in [0.4, 0.5) is 4.39 Å². The van der Waals surface area contributed by atoms with Crippen molar-refractivity contribution in [3.63, 3.8) is 0 Å². The van der Waals surface area contributed by atoms with E-state index in [4.69, 9.17) is 11.6 Å². The van der Waals surface area contributed by atoms with Crippen LogP contribution in [0.3, 0.4) is 0 Å². The molecule has 5 heteroatoms. The Morgan fingerprint density at radius 1 is 1.44 bits per heavy atom. The number of nitrogens with zero attached hydrogens (tertiary/aromatic N) is 2. The molecule has 1 aromatic heterocycles. The van der Waals surface area contributed by atoms with Gasteiger partial charge < -0.3 is 10.2 Å². The van der Waals surface area contributed by atoms with Gasteiger partial charge in [0.15, 0.2) is 0 Å². The molecule has 16 heavy (non-hydrogen) atoms. The largest absolute Gasteiger partial charge is 0.314 e. The fraction of sp³-hybridized carbons (Fsp3) is 0.545. The Morgan fingerprint density at radius 3 is 2.94 bits per heavy atom. The van der Waals surface area contributed by atoms with Gasteiger partial charge in [-0.1, -0.05) is 11.6 Å². The van der Waals surface area contributed by atoms with Crippen molar-refractivity contribution in [3.8, 4) is 0 Å². The fourth-order valence-corrected chi connectivity index (χ4v) is 2.03. The Hall–Kier alpha value is -0.710. The van der Waals surface area contributed by atoms with Gasteiger partial charge >= 0.3 is 0 Å². The van der Waals surface area contributed by atoms with Gasteiger partial charge in [-0.3, -0.25) is 0 Å². The maximum Gasteiger partial charge on any atom is 0.216 e. The van der Waals surface area contributed by atoms with E-state index in [0.29, 0.717) is 17.0 Å². The highest BCUT2D eigenvalue weighted by molar-refractivity contribution is 6.30. The summed E-state index contributed by atoms with van der Waals surface area (Å²) in [6.07, 6.45) is 2.00. The minimum Gasteiger partial charge on any atom is -0.314 e. The Balaban J connectivity index is 1.90. The third kappa shape index (κ3) is 3.14. The molecule has 0 radical (unpaired) electrons. The van der Waals surface area contributed by atoms with Gasteiger partial charge in [-0.2, -0.15) is 4.39 Å². The number of hydrogen-bond donors (Lipinski definition) is 1. The van der Waals surface area contributed by atoms with Gasteiger partial charge in [0.2, 0.25) is 5.95 Å². The third-order valence-corrected chi connectivity index (χ3v) is 2.99. The van der Waals surface area contributed by atoms with E-state index >= 15 is 0 Å². The summed E-state index contributed by atoms with van der Waals surface area (Å²) < 4.78 is 13.3. The summed E-state index contributed by atoms with van der Waals surface area (Å²) in [6, 6.07) is 1.66. The molecule has 0 unspecified atom stereocenters. The first-order valence-corrected chi connectivity index (χ1v) is 5.86. The lowest BCUT2D eigenvalue weighted by Gasteiger charge is -2.27. The van der Waals surface area contributed by atoms with E-state index in [-0.39, 0.29) is 0 Å². The van der Waals surface area contributed by atoms with Crippen LogP contribution in [-0.4, -0.2) is 42.6 Å². The first-order valence-electron chi connectivity index (χ1n) is 5.49. The Kier molecular flexibility index (Phi) is 4.09. The predicted molar refractivity (Wildman–Crippen MR) is 62.2 cm³/mol. The van der Waals surface area contributed by atoms with Gasteiger partial charge in [0.25, 0.3) is 0 Å². The van der Waals surface area contributed by atoms with Crippen LogP contribution < -0.4 is 5.32 Å². The topological polar surface area (TPSA) is 28.2 Å². The normalized spacial score (nSPS) is 17.6. The van der Waals surface area contributed by atoms with E-state index in [1.807, 2.05) is 0 Å². The van der Waals surface area contributed by atoms with Crippen molar-refractivity contribution in [2.75, 3.05) is 32.7 Å². The Labute approximate surface area is 99.6 Å². The molecule has 1 N–H and O–H groups in total. The fourth-order valence-electron chi connectivity index (χ4n) is 1.85. The van der Waals surface area contributed by atoms with Crippen LogP contribution in [-0.2, 0) is 6.42 Å². The van der Waals surface area contributed by atoms with Crippen molar-refractivity contribution >= 4 is 11.6 Å². The number of aromatic nitrogens is 1. The van der Waals surface area contributed by atoms with Crippen molar-refractivity contribution in [3.05, 3.63) is 28.8 Å². The third-order valence-electron chi connectivity index (χ3n) is 2.79. The molecule has 1 fully saturated rings. The van der Waals surface area contributed by atoms with Gasteiger partial charge in [-0.05, 0) is 12.5 Å². The molecule has 3 nitrogen and oxygen atoms in total. The van der Waals surface area contributed by atoms with Gasteiger partial charge in [-0.25, -0.2) is 4.98 Å². The smallest absolute Gasteiger partial charge is 0.216 e. The Morgan fingerprint density at radius 2 is 2.19 bits per heavy atom. The van der Waals surface area contributed by atoms with Crippen LogP contribution in [0.1, 0.15) is 5.56 Å². The summed E-state index contributed by atoms with van der Waals surface area (Å²) in [7, 11) is 0. The summed E-state index contributed by atoms with van der Waals surface area (Å²) in [5.74, 6) is -0.403. The van der Waals surface area contributed by atoms with Crippen LogP contribution in [0.5, 0.6) is 0 Å². The van der Waals surface area contributed by atoms with Crippen LogP contribution >= 0.6 is 11.6 Å². The second-order valence-electron chi connectivity index (χ2n) is 3.95. The molecule has 0 aromatic carbocycles. The predicted octanol–water partition coefficient (Wildman–Crippen LogP) is 1.32. The number of pyridine rings is 1. The lowest BCUT2D eigenvalue weighted by Crippen LogP contribution is -2.44. The number of nitrogens with one attached hydrogen (secondary N) is 1. The number of piperazine rings is 1. The maximum absolute atomic E-state index is 13.3. The lowest BCUT2D eigenvalue weighted by atomic mass is 10.2. The highest BCUT2D eigenvalue weighted by Gasteiger charge is 2.11. The van der Waals surface area contributed by atoms with Gasteiger partial charge in [0, 0.05) is 44.5 Å². The standard InChI is InChI=1S/C11H15ClFN3/c12-10-7-9(11(13)15-8-10)1-4-16-5-2-14-3-6-16/h7-8,14H,1-6H2. The quantitative estimate of drug-likeness (QED) is 0.812. The van der Waals surface area contributed by atoms with Crippen molar-refractivity contribution < 1.29 is 4.39 Å². The molecule has 1 aliphatic heterocycles. The van der Waals surface area contributed by atoms with E-state index < -0.39 is 5.95 Å². The molecule has 88 valence electrons. The first kappa shape index (κ1) is 11.8. The summed E-state index contributed by atoms with van der Waals surface area (Å²) in [4.78, 5) is 5.93. The molecule has 0 spiro atoms. The maximum atomic E-state index is 13.3. The average molecular weight is 244 g/mol. The molecule has 2 heterocycles. The average Bonchev–Trinajstić information content (AvgIpc) is 2.32. The zero-order valence-electron chi connectivity index (χ0n) is 9.05. The molecule has 0 atom stereocenters. The van der Waals surface area contributed by atoms with E-state index in [1.54, 1.807) is 6.07 Å². The SMILES string of the molecule is Fc1ncc(Cl)cc1CCN1CCNCC1. The molecule has 0 amide bonds. The molecule has 0 bridgehead atoms. The van der Waals surface area contributed by atoms with Gasteiger partial charge in [0.1, 0.15) is 0 Å². The minimum atomic E-state index is -0.403. The van der Waals surface area contributed by atoms with Gasteiger partial charge in [-0.15, -0.1) is 0 Å². The molecular weight excluding hydrogens is 229 g/mol. The van der Waals surface area contributed by atoms with Gasteiger partial charge in [0.05, 0.1) is 5.02 Å². The van der Waals surface area contributed by atoms with Crippen LogP contribution in [0.25, 0.3) is 0 Å². The summed E-state index contributed by atoms with van der Waals surface area (Å²) in [5, 5.41) is 3.78. The second kappa shape index (κ2) is 5.57. The second-order valence-corrected chi connectivity index (χ2v) is 4.38. The van der Waals surface area contributed by atoms with Crippen LogP contribution in [0, 0.1) is 5.95 Å². The van der Waals surface area contributed by atoms with Crippen LogP contribution in [0.2, 0.25) is 5.02 Å². The van der Waals surface area contributed by atoms with E-state index in [9.17, 15) is 4.39 Å². The number of hydrogen-bond acceptors (Lipinski definition) is 3. The highest BCUT2D eigenvalue weighted by Crippen LogP contribution is 2.13. The molecule has 1 saturated heterocycles. The molecule has 1 aliphatic rings.